The molecule has 0 radical (unpaired) electrons. The van der Waals surface area contributed by atoms with Gasteiger partial charge < -0.3 is 14.8 Å². The van der Waals surface area contributed by atoms with Crippen molar-refractivity contribution in [3.05, 3.63) is 30.3 Å². The van der Waals surface area contributed by atoms with E-state index in [0.29, 0.717) is 18.8 Å². The molecule has 2 saturated heterocycles. The Hall–Kier alpha value is -1.96. The molecule has 7 nitrogen and oxygen atoms in total. The van der Waals surface area contributed by atoms with Gasteiger partial charge in [-0.2, -0.15) is 0 Å². The number of hydrogen-bond donors (Lipinski definition) is 2. The average molecular weight is 361 g/mol. The number of nitrogens with zero attached hydrogens (tertiary/aromatic N) is 1. The van der Waals surface area contributed by atoms with Crippen LogP contribution in [0.15, 0.2) is 30.3 Å². The molecule has 1 aromatic carbocycles. The molecule has 2 atom stereocenters. The standard InChI is InChI=1S/C19H27N3O4/c23-18(21-19(24)20-15-6-2-1-3-7-15)14-22(12-16-8-4-10-25-16)13-17-9-5-11-26-17/h1-3,6-7,16-17H,4-5,8-14H2,(H2,20,21,23,24)/t16-,17+. The number of urea groups is 1. The van der Waals surface area contributed by atoms with E-state index in [-0.39, 0.29) is 24.7 Å². The predicted octanol–water partition coefficient (Wildman–Crippen LogP) is 1.99. The third kappa shape index (κ3) is 6.09. The molecule has 2 aliphatic rings. The smallest absolute Gasteiger partial charge is 0.325 e. The van der Waals surface area contributed by atoms with E-state index < -0.39 is 6.03 Å². The maximum Gasteiger partial charge on any atom is 0.325 e. The lowest BCUT2D eigenvalue weighted by Crippen LogP contribution is -2.46. The molecular weight excluding hydrogens is 334 g/mol. The van der Waals surface area contributed by atoms with Gasteiger partial charge in [-0.05, 0) is 37.8 Å². The molecule has 2 heterocycles. The summed E-state index contributed by atoms with van der Waals surface area (Å²) in [5.41, 5.74) is 0.647. The highest BCUT2D eigenvalue weighted by molar-refractivity contribution is 6.01. The summed E-state index contributed by atoms with van der Waals surface area (Å²) in [6, 6.07) is 8.53. The molecule has 0 aromatic heterocycles. The zero-order valence-corrected chi connectivity index (χ0v) is 15.0. The van der Waals surface area contributed by atoms with Crippen LogP contribution in [0.5, 0.6) is 0 Å². The second kappa shape index (κ2) is 9.66. The van der Waals surface area contributed by atoms with Crippen molar-refractivity contribution in [2.75, 3.05) is 38.2 Å². The maximum atomic E-state index is 12.3. The molecule has 0 saturated carbocycles. The van der Waals surface area contributed by atoms with E-state index in [0.717, 1.165) is 38.9 Å². The van der Waals surface area contributed by atoms with E-state index in [1.807, 2.05) is 23.1 Å². The van der Waals surface area contributed by atoms with Gasteiger partial charge in [-0.15, -0.1) is 0 Å². The largest absolute Gasteiger partial charge is 0.377 e. The van der Waals surface area contributed by atoms with Crippen molar-refractivity contribution in [3.8, 4) is 0 Å². The Kier molecular flexibility index (Phi) is 6.99. The van der Waals surface area contributed by atoms with Crippen LogP contribution in [0.25, 0.3) is 0 Å². The maximum absolute atomic E-state index is 12.3. The minimum absolute atomic E-state index is 0.155. The summed E-state index contributed by atoms with van der Waals surface area (Å²) in [6.45, 7) is 3.09. The van der Waals surface area contributed by atoms with E-state index in [4.69, 9.17) is 9.47 Å². The molecule has 0 unspecified atom stereocenters. The van der Waals surface area contributed by atoms with Gasteiger partial charge in [-0.3, -0.25) is 15.0 Å². The van der Waals surface area contributed by atoms with Gasteiger partial charge in [-0.1, -0.05) is 18.2 Å². The van der Waals surface area contributed by atoms with Gasteiger partial charge in [0.1, 0.15) is 0 Å². The number of ether oxygens (including phenoxy) is 2. The first-order chi connectivity index (χ1) is 12.7. The molecule has 7 heteroatoms. The fourth-order valence-corrected chi connectivity index (χ4v) is 3.41. The second-order valence-electron chi connectivity index (χ2n) is 6.83. The minimum atomic E-state index is -0.518. The van der Waals surface area contributed by atoms with Crippen molar-refractivity contribution in [2.24, 2.45) is 0 Å². The molecule has 3 amide bonds. The number of imide groups is 1. The molecule has 0 bridgehead atoms. The van der Waals surface area contributed by atoms with Crippen molar-refractivity contribution >= 4 is 17.6 Å². The molecular formula is C19H27N3O4. The Morgan fingerprint density at radius 2 is 1.62 bits per heavy atom. The number of benzene rings is 1. The first-order valence-electron chi connectivity index (χ1n) is 9.30. The second-order valence-corrected chi connectivity index (χ2v) is 6.83. The average Bonchev–Trinajstić information content (AvgIpc) is 3.29. The summed E-state index contributed by atoms with van der Waals surface area (Å²) in [4.78, 5) is 26.3. The minimum Gasteiger partial charge on any atom is -0.377 e. The van der Waals surface area contributed by atoms with Crippen molar-refractivity contribution in [2.45, 2.75) is 37.9 Å². The Bertz CT molecular complexity index is 566. The molecule has 0 spiro atoms. The zero-order valence-electron chi connectivity index (χ0n) is 15.0. The number of anilines is 1. The normalized spacial score (nSPS) is 22.5. The Morgan fingerprint density at radius 1 is 1.00 bits per heavy atom. The van der Waals surface area contributed by atoms with Crippen LogP contribution in [-0.4, -0.2) is 61.9 Å². The van der Waals surface area contributed by atoms with Gasteiger partial charge in [0, 0.05) is 32.0 Å². The SMILES string of the molecule is O=C(CN(C[C@H]1CCCO1)C[C@@H]1CCCO1)NC(=O)Nc1ccccc1. The number of rotatable bonds is 7. The number of carbonyl (C=O) groups excluding carboxylic acids is 2. The van der Waals surface area contributed by atoms with Crippen LogP contribution in [0.3, 0.4) is 0 Å². The highest BCUT2D eigenvalue weighted by Crippen LogP contribution is 2.17. The van der Waals surface area contributed by atoms with Gasteiger partial charge in [0.2, 0.25) is 5.91 Å². The van der Waals surface area contributed by atoms with Crippen LogP contribution in [0.4, 0.5) is 10.5 Å². The third-order valence-corrected chi connectivity index (χ3v) is 4.62. The topological polar surface area (TPSA) is 79.9 Å². The monoisotopic (exact) mass is 361 g/mol. The number of carbonyl (C=O) groups is 2. The number of para-hydroxylation sites is 1. The molecule has 3 rings (SSSR count). The molecule has 26 heavy (non-hydrogen) atoms. The van der Waals surface area contributed by atoms with Crippen LogP contribution < -0.4 is 10.6 Å². The van der Waals surface area contributed by atoms with Gasteiger partial charge >= 0.3 is 6.03 Å². The fraction of sp³-hybridized carbons (Fsp3) is 0.579. The highest BCUT2D eigenvalue weighted by atomic mass is 16.5. The summed E-state index contributed by atoms with van der Waals surface area (Å²) in [7, 11) is 0. The summed E-state index contributed by atoms with van der Waals surface area (Å²) in [6.07, 6.45) is 4.45. The molecule has 0 aliphatic carbocycles. The van der Waals surface area contributed by atoms with Gasteiger partial charge in [-0.25, -0.2) is 4.79 Å². The van der Waals surface area contributed by atoms with Crippen LogP contribution >= 0.6 is 0 Å². The predicted molar refractivity (Wildman–Crippen MR) is 98.0 cm³/mol. The van der Waals surface area contributed by atoms with E-state index in [9.17, 15) is 9.59 Å². The van der Waals surface area contributed by atoms with Crippen LogP contribution in [-0.2, 0) is 14.3 Å². The molecule has 1 aromatic rings. The summed E-state index contributed by atoms with van der Waals surface area (Å²) in [5, 5.41) is 5.05. The Morgan fingerprint density at radius 3 is 2.15 bits per heavy atom. The van der Waals surface area contributed by atoms with Gasteiger partial charge in [0.25, 0.3) is 0 Å². The van der Waals surface area contributed by atoms with Crippen molar-refractivity contribution < 1.29 is 19.1 Å². The molecule has 2 fully saturated rings. The lowest BCUT2D eigenvalue weighted by atomic mass is 10.2. The number of amides is 3. The lowest BCUT2D eigenvalue weighted by Gasteiger charge is -2.26. The first-order valence-corrected chi connectivity index (χ1v) is 9.30. The molecule has 2 aliphatic heterocycles. The fourth-order valence-electron chi connectivity index (χ4n) is 3.41. The van der Waals surface area contributed by atoms with E-state index in [1.54, 1.807) is 12.1 Å². The number of hydrogen-bond acceptors (Lipinski definition) is 5. The summed E-state index contributed by atoms with van der Waals surface area (Å²) >= 11 is 0. The van der Waals surface area contributed by atoms with E-state index >= 15 is 0 Å². The van der Waals surface area contributed by atoms with Crippen molar-refractivity contribution in [3.63, 3.8) is 0 Å². The van der Waals surface area contributed by atoms with E-state index in [1.165, 1.54) is 0 Å². The van der Waals surface area contributed by atoms with Gasteiger partial charge in [0.05, 0.1) is 18.8 Å². The van der Waals surface area contributed by atoms with Crippen molar-refractivity contribution in [1.82, 2.24) is 10.2 Å². The first kappa shape index (κ1) is 18.8. The molecule has 2 N–H and O–H groups in total. The van der Waals surface area contributed by atoms with E-state index in [2.05, 4.69) is 10.6 Å². The van der Waals surface area contributed by atoms with Crippen LogP contribution in [0, 0.1) is 0 Å². The van der Waals surface area contributed by atoms with Crippen molar-refractivity contribution in [1.29, 1.82) is 0 Å². The zero-order chi connectivity index (χ0) is 18.2. The summed E-state index contributed by atoms with van der Waals surface area (Å²) < 4.78 is 11.4. The molecule has 142 valence electrons. The summed E-state index contributed by atoms with van der Waals surface area (Å²) in [5.74, 6) is -0.325. The third-order valence-electron chi connectivity index (χ3n) is 4.62. The Balaban J connectivity index is 1.49. The quantitative estimate of drug-likeness (QED) is 0.776. The van der Waals surface area contributed by atoms with Crippen LogP contribution in [0.2, 0.25) is 0 Å². The Labute approximate surface area is 154 Å². The highest BCUT2D eigenvalue weighted by Gasteiger charge is 2.25. The lowest BCUT2D eigenvalue weighted by molar-refractivity contribution is -0.121. The van der Waals surface area contributed by atoms with Gasteiger partial charge in [0.15, 0.2) is 0 Å². The van der Waals surface area contributed by atoms with Crippen LogP contribution in [0.1, 0.15) is 25.7 Å². The number of nitrogens with one attached hydrogen (secondary N) is 2.